The zero-order chi connectivity index (χ0) is 21.6. The third-order valence-corrected chi connectivity index (χ3v) is 6.04. The van der Waals surface area contributed by atoms with Gasteiger partial charge in [-0.05, 0) is 24.3 Å². The number of anilines is 1. The summed E-state index contributed by atoms with van der Waals surface area (Å²) in [6.07, 6.45) is 1.39. The molecular formula is C19H11ClF2N2O5S. The molecule has 0 atom stereocenters. The molecule has 154 valence electrons. The van der Waals surface area contributed by atoms with Crippen molar-refractivity contribution in [2.45, 2.75) is 11.5 Å². The number of phenols is 1. The van der Waals surface area contributed by atoms with Gasteiger partial charge in [0.1, 0.15) is 23.1 Å². The van der Waals surface area contributed by atoms with Gasteiger partial charge >= 0.3 is 5.97 Å². The molecule has 2 heterocycles. The first-order valence-corrected chi connectivity index (χ1v) is 10.2. The fourth-order valence-electron chi connectivity index (χ4n) is 2.95. The maximum absolute atomic E-state index is 14.5. The van der Waals surface area contributed by atoms with E-state index in [9.17, 15) is 27.1 Å². The highest BCUT2D eigenvalue weighted by Gasteiger charge is 2.27. The number of fused-ring (bicyclic) bond motifs is 6. The molecule has 4 bridgehead atoms. The second kappa shape index (κ2) is 7.22. The van der Waals surface area contributed by atoms with Gasteiger partial charge in [0.15, 0.2) is 5.75 Å². The lowest BCUT2D eigenvalue weighted by atomic mass is 10.0. The number of nitrogens with zero attached hydrogens (tertiary/aromatic N) is 1. The van der Waals surface area contributed by atoms with Crippen molar-refractivity contribution < 1.29 is 31.8 Å². The molecule has 1 aliphatic rings. The molecule has 0 fully saturated rings. The third kappa shape index (κ3) is 3.44. The fraction of sp³-hybridized carbons (Fsp3) is 0.0526. The number of ether oxygens (including phenoxy) is 1. The summed E-state index contributed by atoms with van der Waals surface area (Å²) < 4.78 is 61.6. The van der Waals surface area contributed by atoms with Gasteiger partial charge in [-0.3, -0.25) is 9.71 Å². The summed E-state index contributed by atoms with van der Waals surface area (Å²) in [6.45, 7) is -0.380. The van der Waals surface area contributed by atoms with Gasteiger partial charge in [0.25, 0.3) is 10.0 Å². The molecule has 0 spiro atoms. The van der Waals surface area contributed by atoms with Crippen LogP contribution in [0.1, 0.15) is 16.1 Å². The molecule has 0 aliphatic carbocycles. The normalized spacial score (nSPS) is 15.0. The number of nitrogens with one attached hydrogen (secondary N) is 1. The monoisotopic (exact) mass is 452 g/mol. The van der Waals surface area contributed by atoms with Crippen LogP contribution in [0.4, 0.5) is 14.5 Å². The van der Waals surface area contributed by atoms with E-state index in [0.717, 1.165) is 18.2 Å². The van der Waals surface area contributed by atoms with Crippen LogP contribution in [0, 0.1) is 11.6 Å². The molecule has 0 amide bonds. The van der Waals surface area contributed by atoms with Gasteiger partial charge in [-0.25, -0.2) is 22.0 Å². The maximum Gasteiger partial charge on any atom is 0.338 e. The number of pyridine rings is 1. The highest BCUT2D eigenvalue weighted by molar-refractivity contribution is 7.92. The van der Waals surface area contributed by atoms with Crippen LogP contribution in [0.15, 0.2) is 47.5 Å². The molecule has 0 radical (unpaired) electrons. The topological polar surface area (TPSA) is 106 Å². The smallest absolute Gasteiger partial charge is 0.338 e. The Kier molecular flexibility index (Phi) is 4.83. The van der Waals surface area contributed by atoms with Gasteiger partial charge in [-0.1, -0.05) is 17.7 Å². The number of phenolic OH excluding ortho intramolecular Hbond substituents is 1. The van der Waals surface area contributed by atoms with Crippen LogP contribution in [-0.4, -0.2) is 24.5 Å². The van der Waals surface area contributed by atoms with E-state index in [1.807, 2.05) is 4.72 Å². The number of cyclic esters (lactones) is 1. The second-order valence-electron chi connectivity index (χ2n) is 6.30. The summed E-state index contributed by atoms with van der Waals surface area (Å²) in [5.41, 5.74) is -0.673. The first-order chi connectivity index (χ1) is 14.2. The van der Waals surface area contributed by atoms with Crippen molar-refractivity contribution in [1.82, 2.24) is 4.98 Å². The molecule has 7 nitrogen and oxygen atoms in total. The number of hydrogen-bond donors (Lipinski definition) is 2. The molecule has 1 aliphatic heterocycles. The molecule has 3 aromatic rings. The fourth-order valence-corrected chi connectivity index (χ4v) is 4.42. The predicted molar refractivity (Wildman–Crippen MR) is 103 cm³/mol. The molecule has 2 N–H and O–H groups in total. The highest BCUT2D eigenvalue weighted by atomic mass is 35.5. The van der Waals surface area contributed by atoms with Crippen LogP contribution in [0.5, 0.6) is 5.75 Å². The van der Waals surface area contributed by atoms with Gasteiger partial charge in [0.2, 0.25) is 0 Å². The average Bonchev–Trinajstić information content (AvgIpc) is 2.70. The number of carbonyl (C=O) groups is 1. The number of carbonyl (C=O) groups excluding carboxylic acids is 1. The number of esters is 1. The molecule has 0 saturated heterocycles. The summed E-state index contributed by atoms with van der Waals surface area (Å²) in [4.78, 5) is 15.7. The minimum Gasteiger partial charge on any atom is -0.505 e. The van der Waals surface area contributed by atoms with Crippen LogP contribution >= 0.6 is 11.6 Å². The average molecular weight is 453 g/mol. The SMILES string of the molecule is O=C1OCc2ncccc2-c2cc(c(F)cc2F)NS(=O)(=O)c2cc1cc(Cl)c2O. The van der Waals surface area contributed by atoms with Crippen LogP contribution in [0.3, 0.4) is 0 Å². The Labute approximate surface area is 174 Å². The van der Waals surface area contributed by atoms with Crippen molar-refractivity contribution in [3.8, 4) is 16.9 Å². The Morgan fingerprint density at radius 2 is 1.90 bits per heavy atom. The van der Waals surface area contributed by atoms with Gasteiger partial charge in [-0.2, -0.15) is 0 Å². The van der Waals surface area contributed by atoms with E-state index in [-0.39, 0.29) is 29.0 Å². The highest BCUT2D eigenvalue weighted by Crippen LogP contribution is 2.36. The number of rotatable bonds is 0. The van der Waals surface area contributed by atoms with Crippen molar-refractivity contribution >= 4 is 33.3 Å². The Hall–Kier alpha value is -3.24. The lowest BCUT2D eigenvalue weighted by Gasteiger charge is -2.13. The van der Waals surface area contributed by atoms with Gasteiger partial charge < -0.3 is 9.84 Å². The number of aromatic hydroxyl groups is 1. The van der Waals surface area contributed by atoms with Gasteiger partial charge in [0, 0.05) is 23.4 Å². The second-order valence-corrected chi connectivity index (χ2v) is 8.35. The first kappa shape index (κ1) is 20.0. The number of halogens is 3. The summed E-state index contributed by atoms with van der Waals surface area (Å²) in [5.74, 6) is -3.96. The Morgan fingerprint density at radius 1 is 1.13 bits per heavy atom. The minimum absolute atomic E-state index is 0.162. The lowest BCUT2D eigenvalue weighted by molar-refractivity contribution is 0.0468. The number of benzene rings is 2. The summed E-state index contributed by atoms with van der Waals surface area (Å²) in [5, 5.41) is 9.67. The van der Waals surface area contributed by atoms with Crippen molar-refractivity contribution in [3.63, 3.8) is 0 Å². The van der Waals surface area contributed by atoms with E-state index >= 15 is 0 Å². The van der Waals surface area contributed by atoms with Crippen molar-refractivity contribution in [3.05, 3.63) is 70.5 Å². The van der Waals surface area contributed by atoms with Crippen molar-refractivity contribution in [1.29, 1.82) is 0 Å². The Balaban J connectivity index is 2.01. The molecule has 0 unspecified atom stereocenters. The van der Waals surface area contributed by atoms with E-state index in [0.29, 0.717) is 6.07 Å². The van der Waals surface area contributed by atoms with Crippen LogP contribution in [-0.2, 0) is 21.4 Å². The van der Waals surface area contributed by atoms with E-state index in [1.54, 1.807) is 0 Å². The molecule has 0 saturated carbocycles. The molecule has 11 heteroatoms. The van der Waals surface area contributed by atoms with Crippen LogP contribution in [0.2, 0.25) is 5.02 Å². The summed E-state index contributed by atoms with van der Waals surface area (Å²) in [6, 6.07) is 6.28. The molecular weight excluding hydrogens is 442 g/mol. The molecule has 1 aromatic heterocycles. The zero-order valence-electron chi connectivity index (χ0n) is 14.8. The molecule has 4 rings (SSSR count). The summed E-state index contributed by atoms with van der Waals surface area (Å²) >= 11 is 5.86. The first-order valence-electron chi connectivity index (χ1n) is 8.33. The largest absolute Gasteiger partial charge is 0.505 e. The van der Waals surface area contributed by atoms with Crippen molar-refractivity contribution in [2.75, 3.05) is 4.72 Å². The number of aromatic nitrogens is 1. The molecule has 30 heavy (non-hydrogen) atoms. The molecule has 2 aromatic carbocycles. The van der Waals surface area contributed by atoms with Crippen LogP contribution in [0.25, 0.3) is 11.1 Å². The predicted octanol–water partition coefficient (Wildman–Crippen LogP) is 3.86. The van der Waals surface area contributed by atoms with Gasteiger partial charge in [-0.15, -0.1) is 0 Å². The van der Waals surface area contributed by atoms with E-state index < -0.39 is 49.0 Å². The minimum atomic E-state index is -4.62. The lowest BCUT2D eigenvalue weighted by Crippen LogP contribution is -2.15. The maximum atomic E-state index is 14.5. The zero-order valence-corrected chi connectivity index (χ0v) is 16.4. The van der Waals surface area contributed by atoms with E-state index in [1.165, 1.54) is 18.3 Å². The van der Waals surface area contributed by atoms with Gasteiger partial charge in [0.05, 0.1) is 22.0 Å². The Morgan fingerprint density at radius 3 is 2.67 bits per heavy atom. The van der Waals surface area contributed by atoms with Crippen LogP contribution < -0.4 is 4.72 Å². The third-order valence-electron chi connectivity index (χ3n) is 4.38. The van der Waals surface area contributed by atoms with E-state index in [4.69, 9.17) is 16.3 Å². The standard InChI is InChI=1S/C19H11ClF2N2O5S/c20-12-4-9-5-17(18(12)25)30(27,28)24-15-6-11(13(21)7-14(15)22)10-2-1-3-23-16(10)8-29-19(9)26/h1-7,24-25H,8H2. The van der Waals surface area contributed by atoms with E-state index in [2.05, 4.69) is 4.98 Å². The number of hydrogen-bond acceptors (Lipinski definition) is 6. The van der Waals surface area contributed by atoms with Crippen molar-refractivity contribution in [2.24, 2.45) is 0 Å². The number of sulfonamides is 1. The Bertz CT molecular complexity index is 1310. The quantitative estimate of drug-likeness (QED) is 0.502. The summed E-state index contributed by atoms with van der Waals surface area (Å²) in [7, 11) is -4.62.